The summed E-state index contributed by atoms with van der Waals surface area (Å²) < 4.78 is 31.4. The molecule has 23 heavy (non-hydrogen) atoms. The molecule has 1 aromatic rings. The van der Waals surface area contributed by atoms with Crippen LogP contribution in [0.2, 0.25) is 0 Å². The molecule has 0 aliphatic carbocycles. The third-order valence-corrected chi connectivity index (χ3v) is 5.64. The highest BCUT2D eigenvalue weighted by Crippen LogP contribution is 2.25. The first-order valence-electron chi connectivity index (χ1n) is 7.15. The molecule has 4 N–H and O–H groups in total. The number of carbonyl (C=O) groups excluding carboxylic acids is 1. The number of aliphatic hydroxyl groups is 2. The summed E-state index contributed by atoms with van der Waals surface area (Å²) in [6.45, 7) is -0.258. The van der Waals surface area contributed by atoms with Crippen molar-refractivity contribution in [1.29, 1.82) is 0 Å². The number of benzene rings is 1. The number of ether oxygens (including phenoxy) is 1. The number of primary amides is 1. The maximum Gasteiger partial charge on any atom is 0.255 e. The van der Waals surface area contributed by atoms with Crippen molar-refractivity contribution >= 4 is 15.9 Å². The second-order valence-electron chi connectivity index (χ2n) is 5.39. The summed E-state index contributed by atoms with van der Waals surface area (Å²) in [7, 11) is -3.73. The molecule has 1 heterocycles. The van der Waals surface area contributed by atoms with Crippen LogP contribution in [0.5, 0.6) is 5.75 Å². The number of piperidine rings is 1. The van der Waals surface area contributed by atoms with Gasteiger partial charge in [-0.25, -0.2) is 8.42 Å². The van der Waals surface area contributed by atoms with Gasteiger partial charge in [0.05, 0.1) is 11.0 Å². The summed E-state index contributed by atoms with van der Waals surface area (Å²) in [5, 5.41) is 19.0. The first-order chi connectivity index (χ1) is 10.8. The van der Waals surface area contributed by atoms with Gasteiger partial charge < -0.3 is 20.7 Å². The fraction of sp³-hybridized carbons (Fsp3) is 0.500. The molecule has 0 radical (unpaired) electrons. The predicted octanol–water partition coefficient (Wildman–Crippen LogP) is -1.09. The van der Waals surface area contributed by atoms with Crippen molar-refractivity contribution in [1.82, 2.24) is 4.31 Å². The Hall–Kier alpha value is -1.68. The van der Waals surface area contributed by atoms with E-state index in [9.17, 15) is 18.3 Å². The third-order valence-electron chi connectivity index (χ3n) is 3.76. The molecule has 0 spiro atoms. The number of hydrogen-bond donors (Lipinski definition) is 3. The standard InChI is InChI=1S/C14H20N2O6S/c15-14(19)9-22-11-1-3-12(4-2-11)23(20,21)16-6-5-10(8-17)13(18)7-16/h1-4,10,13,17-18H,5-9H2,(H2,15,19)/t10-,13-/m1/s1. The summed E-state index contributed by atoms with van der Waals surface area (Å²) in [5.74, 6) is -0.588. The maximum atomic E-state index is 12.5. The molecule has 0 aromatic heterocycles. The number of nitrogens with zero attached hydrogens (tertiary/aromatic N) is 1. The number of amides is 1. The van der Waals surface area contributed by atoms with Crippen LogP contribution in [0.25, 0.3) is 0 Å². The van der Waals surface area contributed by atoms with E-state index in [1.165, 1.54) is 28.6 Å². The molecule has 8 nitrogen and oxygen atoms in total. The molecule has 128 valence electrons. The minimum Gasteiger partial charge on any atom is -0.484 e. The second-order valence-corrected chi connectivity index (χ2v) is 7.33. The van der Waals surface area contributed by atoms with E-state index < -0.39 is 22.0 Å². The van der Waals surface area contributed by atoms with E-state index in [1.54, 1.807) is 0 Å². The van der Waals surface area contributed by atoms with Crippen LogP contribution in [0.15, 0.2) is 29.2 Å². The van der Waals surface area contributed by atoms with Crippen LogP contribution in [-0.2, 0) is 14.8 Å². The van der Waals surface area contributed by atoms with Crippen molar-refractivity contribution in [2.75, 3.05) is 26.3 Å². The Bertz CT molecular complexity index is 646. The Kier molecular flexibility index (Phi) is 5.58. The fourth-order valence-electron chi connectivity index (χ4n) is 2.39. The van der Waals surface area contributed by atoms with E-state index in [2.05, 4.69) is 0 Å². The average molecular weight is 344 g/mol. The lowest BCUT2D eigenvalue weighted by Crippen LogP contribution is -2.47. The molecule has 1 aliphatic heterocycles. The Morgan fingerprint density at radius 3 is 2.52 bits per heavy atom. The first kappa shape index (κ1) is 17.7. The van der Waals surface area contributed by atoms with Gasteiger partial charge in [0.15, 0.2) is 6.61 Å². The zero-order valence-corrected chi connectivity index (χ0v) is 13.3. The molecule has 0 bridgehead atoms. The number of carbonyl (C=O) groups is 1. The Balaban J connectivity index is 2.09. The Morgan fingerprint density at radius 2 is 2.00 bits per heavy atom. The number of sulfonamides is 1. The summed E-state index contributed by atoms with van der Waals surface area (Å²) in [4.78, 5) is 10.7. The highest BCUT2D eigenvalue weighted by molar-refractivity contribution is 7.89. The topological polar surface area (TPSA) is 130 Å². The zero-order valence-electron chi connectivity index (χ0n) is 12.5. The number of β-amino-alcohol motifs (C(OH)–C–C–N with tert-alkyl or cyclic N) is 1. The van der Waals surface area contributed by atoms with E-state index in [-0.39, 0.29) is 37.1 Å². The molecule has 1 amide bonds. The van der Waals surface area contributed by atoms with E-state index in [0.29, 0.717) is 12.2 Å². The smallest absolute Gasteiger partial charge is 0.255 e. The molecule has 9 heteroatoms. The molecule has 2 atom stereocenters. The number of nitrogens with two attached hydrogens (primary N) is 1. The highest BCUT2D eigenvalue weighted by atomic mass is 32.2. The largest absolute Gasteiger partial charge is 0.484 e. The molecule has 0 saturated carbocycles. The van der Waals surface area contributed by atoms with E-state index in [0.717, 1.165) is 0 Å². The lowest BCUT2D eigenvalue weighted by atomic mass is 9.96. The van der Waals surface area contributed by atoms with Crippen molar-refractivity contribution in [2.45, 2.75) is 17.4 Å². The first-order valence-corrected chi connectivity index (χ1v) is 8.59. The molecule has 0 unspecified atom stereocenters. The third kappa shape index (κ3) is 4.20. The van der Waals surface area contributed by atoms with Gasteiger partial charge in [-0.1, -0.05) is 0 Å². The van der Waals surface area contributed by atoms with Crippen LogP contribution in [0, 0.1) is 5.92 Å². The van der Waals surface area contributed by atoms with Crippen LogP contribution in [0.3, 0.4) is 0 Å². The predicted molar refractivity (Wildman–Crippen MR) is 81.1 cm³/mol. The van der Waals surface area contributed by atoms with Gasteiger partial charge in [0.25, 0.3) is 5.91 Å². The number of rotatable bonds is 6. The lowest BCUT2D eigenvalue weighted by Gasteiger charge is -2.34. The van der Waals surface area contributed by atoms with Gasteiger partial charge in [-0.15, -0.1) is 0 Å². The quantitative estimate of drug-likeness (QED) is 0.601. The van der Waals surface area contributed by atoms with Crippen LogP contribution >= 0.6 is 0 Å². The fourth-order valence-corrected chi connectivity index (χ4v) is 3.87. The van der Waals surface area contributed by atoms with Crippen molar-refractivity contribution in [3.8, 4) is 5.75 Å². The molecule has 1 aromatic carbocycles. The minimum atomic E-state index is -3.73. The summed E-state index contributed by atoms with van der Waals surface area (Å²) in [5.41, 5.74) is 4.96. The van der Waals surface area contributed by atoms with Gasteiger partial charge in [0.2, 0.25) is 10.0 Å². The highest BCUT2D eigenvalue weighted by Gasteiger charge is 2.34. The minimum absolute atomic E-state index is 0.0481. The van der Waals surface area contributed by atoms with Gasteiger partial charge in [0.1, 0.15) is 5.75 Å². The zero-order chi connectivity index (χ0) is 17.0. The van der Waals surface area contributed by atoms with E-state index >= 15 is 0 Å². The van der Waals surface area contributed by atoms with Crippen LogP contribution in [0.1, 0.15) is 6.42 Å². The van der Waals surface area contributed by atoms with Gasteiger partial charge >= 0.3 is 0 Å². The maximum absolute atomic E-state index is 12.5. The Labute approximate surface area is 134 Å². The summed E-state index contributed by atoms with van der Waals surface area (Å²) >= 11 is 0. The van der Waals surface area contributed by atoms with Crippen LogP contribution in [-0.4, -0.2) is 61.3 Å². The monoisotopic (exact) mass is 344 g/mol. The van der Waals surface area contributed by atoms with Gasteiger partial charge in [-0.3, -0.25) is 4.79 Å². The molecule has 1 aliphatic rings. The van der Waals surface area contributed by atoms with E-state index in [1.807, 2.05) is 0 Å². The SMILES string of the molecule is NC(=O)COc1ccc(S(=O)(=O)N2CC[C@H](CO)[C@H](O)C2)cc1. The second kappa shape index (κ2) is 7.26. The normalized spacial score (nSPS) is 22.7. The lowest BCUT2D eigenvalue weighted by molar-refractivity contribution is -0.119. The van der Waals surface area contributed by atoms with Crippen molar-refractivity contribution in [3.05, 3.63) is 24.3 Å². The number of aliphatic hydroxyl groups excluding tert-OH is 2. The summed E-state index contributed by atoms with van der Waals surface area (Å²) in [6.07, 6.45) is -0.488. The van der Waals surface area contributed by atoms with Crippen molar-refractivity contribution < 1.29 is 28.2 Å². The molecule has 1 saturated heterocycles. The van der Waals surface area contributed by atoms with Gasteiger partial charge in [-0.05, 0) is 30.7 Å². The summed E-state index contributed by atoms with van der Waals surface area (Å²) in [6, 6.07) is 5.62. The van der Waals surface area contributed by atoms with Crippen LogP contribution < -0.4 is 10.5 Å². The van der Waals surface area contributed by atoms with E-state index in [4.69, 9.17) is 15.6 Å². The average Bonchev–Trinajstić information content (AvgIpc) is 2.53. The van der Waals surface area contributed by atoms with Crippen molar-refractivity contribution in [3.63, 3.8) is 0 Å². The molecular weight excluding hydrogens is 324 g/mol. The Morgan fingerprint density at radius 1 is 1.35 bits per heavy atom. The molecule has 1 fully saturated rings. The molecule has 2 rings (SSSR count). The van der Waals surface area contributed by atoms with Gasteiger partial charge in [-0.2, -0.15) is 4.31 Å². The van der Waals surface area contributed by atoms with Crippen molar-refractivity contribution in [2.24, 2.45) is 11.7 Å². The van der Waals surface area contributed by atoms with Gasteiger partial charge in [0, 0.05) is 25.6 Å². The molecular formula is C14H20N2O6S. The van der Waals surface area contributed by atoms with Crippen LogP contribution in [0.4, 0.5) is 0 Å². The number of hydrogen-bond acceptors (Lipinski definition) is 6.